The van der Waals surface area contributed by atoms with Crippen LogP contribution in [0.1, 0.15) is 43.0 Å². The number of sulfone groups is 1. The Balaban J connectivity index is 0.862. The highest BCUT2D eigenvalue weighted by molar-refractivity contribution is 8.04. The third kappa shape index (κ3) is 7.92. The number of nitrogens with zero attached hydrogens (tertiary/aromatic N) is 2. The Morgan fingerprint density at radius 1 is 0.375 bits per heavy atom. The summed E-state index contributed by atoms with van der Waals surface area (Å²) < 4.78 is 26.4. The fraction of sp³-hybridized carbons (Fsp3) is 0. The van der Waals surface area contributed by atoms with Crippen LogP contribution in [0.3, 0.4) is 0 Å². The van der Waals surface area contributed by atoms with Crippen molar-refractivity contribution >= 4 is 91.6 Å². The molecule has 2 aliphatic heterocycles. The van der Waals surface area contributed by atoms with Crippen LogP contribution in [-0.2, 0) is 9.84 Å². The van der Waals surface area contributed by atoms with E-state index in [9.17, 15) is 18.0 Å². The molecular weight excluding hydrogens is 829 g/mol. The van der Waals surface area contributed by atoms with Crippen LogP contribution < -0.4 is 9.80 Å². The van der Waals surface area contributed by atoms with Crippen LogP contribution in [0.4, 0.5) is 34.1 Å². The summed E-state index contributed by atoms with van der Waals surface area (Å²) in [7, 11) is -3.89. The Morgan fingerprint density at radius 3 is 1.23 bits per heavy atom. The van der Waals surface area contributed by atoms with E-state index in [1.165, 1.54) is 23.9 Å². The molecule has 0 bridgehead atoms. The summed E-state index contributed by atoms with van der Waals surface area (Å²) in [4.78, 5) is 32.0. The zero-order chi connectivity index (χ0) is 43.6. The van der Waals surface area contributed by atoms with Gasteiger partial charge in [-0.05, 0) is 131 Å². The Hall–Kier alpha value is -7.78. The number of carbonyl (C=O) groups is 2. The number of Topliss-reactive ketones (excluding diaryl/α,β-unsaturated/α-hetero) is 2. The Morgan fingerprint density at radius 2 is 0.766 bits per heavy atom. The summed E-state index contributed by atoms with van der Waals surface area (Å²) in [5, 5.41) is 0. The van der Waals surface area contributed by atoms with Gasteiger partial charge >= 0.3 is 0 Å². The van der Waals surface area contributed by atoms with Gasteiger partial charge in [0.25, 0.3) is 0 Å². The highest BCUT2D eigenvalue weighted by Crippen LogP contribution is 2.42. The van der Waals surface area contributed by atoms with Crippen LogP contribution in [0.2, 0.25) is 0 Å². The van der Waals surface area contributed by atoms with E-state index >= 15 is 0 Å². The minimum absolute atomic E-state index is 0.0548. The number of hydrogen-bond donors (Lipinski definition) is 0. The second-order valence-electron chi connectivity index (χ2n) is 15.3. The number of rotatable bonds is 10. The van der Waals surface area contributed by atoms with Crippen molar-refractivity contribution < 1.29 is 18.0 Å². The molecule has 0 saturated heterocycles. The normalized spacial score (nSPS) is 15.1. The van der Waals surface area contributed by atoms with E-state index in [4.69, 9.17) is 0 Å². The number of hydrogen-bond acceptors (Lipinski definition) is 7. The monoisotopic (exact) mass is 866 g/mol. The number of ketones is 2. The zero-order valence-electron chi connectivity index (χ0n) is 34.3. The van der Waals surface area contributed by atoms with Crippen molar-refractivity contribution in [3.05, 3.63) is 249 Å². The van der Waals surface area contributed by atoms with Gasteiger partial charge in [0.2, 0.25) is 21.4 Å². The summed E-state index contributed by atoms with van der Waals surface area (Å²) in [5.41, 5.74) is 10.5. The molecule has 6 nitrogen and oxygen atoms in total. The van der Waals surface area contributed by atoms with Gasteiger partial charge in [-0.1, -0.05) is 133 Å². The quantitative estimate of drug-likeness (QED) is 0.100. The van der Waals surface area contributed by atoms with Crippen LogP contribution in [0.5, 0.6) is 0 Å². The lowest BCUT2D eigenvalue weighted by Crippen LogP contribution is -2.09. The number of fused-ring (bicyclic) bond motifs is 2. The molecule has 0 aromatic heterocycles. The van der Waals surface area contributed by atoms with Crippen molar-refractivity contribution in [2.24, 2.45) is 0 Å². The topological polar surface area (TPSA) is 74.8 Å². The molecule has 8 aromatic rings. The lowest BCUT2D eigenvalue weighted by atomic mass is 10.1. The van der Waals surface area contributed by atoms with E-state index in [1.807, 2.05) is 103 Å². The molecule has 2 aliphatic rings. The average molecular weight is 867 g/mol. The first-order valence-corrected chi connectivity index (χ1v) is 23.0. The summed E-state index contributed by atoms with van der Waals surface area (Å²) in [5.74, 6) is -0.412. The molecule has 8 aromatic carbocycles. The van der Waals surface area contributed by atoms with E-state index in [0.29, 0.717) is 5.56 Å². The van der Waals surface area contributed by atoms with Crippen molar-refractivity contribution in [1.82, 2.24) is 0 Å². The zero-order valence-corrected chi connectivity index (χ0v) is 35.9. The molecule has 0 atom stereocenters. The van der Waals surface area contributed by atoms with Crippen LogP contribution in [0.15, 0.2) is 226 Å². The smallest absolute Gasteiger partial charge is 0.211 e. The molecule has 8 heteroatoms. The van der Waals surface area contributed by atoms with Crippen LogP contribution >= 0.6 is 11.8 Å². The Labute approximate surface area is 376 Å². The van der Waals surface area contributed by atoms with Crippen molar-refractivity contribution in [2.45, 2.75) is 9.79 Å². The molecule has 64 heavy (non-hydrogen) atoms. The first kappa shape index (κ1) is 40.3. The number of para-hydroxylation sites is 2. The van der Waals surface area contributed by atoms with Crippen molar-refractivity contribution in [2.75, 3.05) is 9.80 Å². The largest absolute Gasteiger partial charge is 0.311 e. The van der Waals surface area contributed by atoms with Crippen LogP contribution in [-0.4, -0.2) is 20.0 Å². The third-order valence-corrected chi connectivity index (χ3v) is 14.1. The number of benzene rings is 8. The number of thioether (sulfide) groups is 1. The molecule has 0 N–H and O–H groups in total. The molecule has 0 unspecified atom stereocenters. The molecule has 0 amide bonds. The number of carbonyl (C=O) groups excluding carboxylic acids is 2. The Kier molecular flexibility index (Phi) is 10.8. The fourth-order valence-electron chi connectivity index (χ4n) is 7.99. The SMILES string of the molecule is O=C1/C(=C/c2ccc(N(c3ccccc3)c3ccc(/C=C/c4ccc(N(c5ccccc5)c5ccc(/C=C6\C(=O)c7ccccc7S6(=O)=O)cc5)cc4)cc3)cc2)Sc2ccccc21. The van der Waals surface area contributed by atoms with Crippen LogP contribution in [0.25, 0.3) is 24.3 Å². The number of anilines is 6. The minimum Gasteiger partial charge on any atom is -0.311 e. The minimum atomic E-state index is -3.89. The summed E-state index contributed by atoms with van der Waals surface area (Å²) in [6, 6.07) is 67.0. The highest BCUT2D eigenvalue weighted by Gasteiger charge is 2.38. The van der Waals surface area contributed by atoms with E-state index in [1.54, 1.807) is 18.2 Å². The molecule has 0 spiro atoms. The molecule has 10 rings (SSSR count). The van der Waals surface area contributed by atoms with Crippen molar-refractivity contribution in [3.63, 3.8) is 0 Å². The predicted octanol–water partition coefficient (Wildman–Crippen LogP) is 14.1. The first-order chi connectivity index (χ1) is 31.3. The molecule has 308 valence electrons. The van der Waals surface area contributed by atoms with Crippen molar-refractivity contribution in [1.29, 1.82) is 0 Å². The van der Waals surface area contributed by atoms with Gasteiger partial charge in [-0.3, -0.25) is 9.59 Å². The lowest BCUT2D eigenvalue weighted by Gasteiger charge is -2.25. The van der Waals surface area contributed by atoms with Crippen molar-refractivity contribution in [3.8, 4) is 0 Å². The summed E-state index contributed by atoms with van der Waals surface area (Å²) in [6.45, 7) is 0. The molecule has 0 saturated carbocycles. The average Bonchev–Trinajstić information content (AvgIpc) is 3.75. The maximum atomic E-state index is 13.2. The molecular formula is C56H38N2O4S2. The molecule has 0 radical (unpaired) electrons. The van der Waals surface area contributed by atoms with Gasteiger partial charge in [-0.2, -0.15) is 0 Å². The Bertz CT molecular complexity index is 3250. The third-order valence-electron chi connectivity index (χ3n) is 11.2. The second kappa shape index (κ2) is 17.2. The maximum absolute atomic E-state index is 13.2. The standard InChI is InChI=1S/C56H38N2O4S2/c59-55-49-15-7-9-17-51(49)63-52(55)37-41-25-33-47(34-26-41)57(43-11-3-1-4-12-43)45-29-21-39(22-30-45)19-20-40-23-31-46(32-24-40)58(44-13-5-2-6-14-44)48-35-27-42(28-36-48)38-54-56(60)50-16-8-10-18-53(50)64(54,61)62/h1-38H/b20-19+,52-37-,54-38+. The van der Waals surface area contributed by atoms with Gasteiger partial charge in [0.15, 0.2) is 0 Å². The molecule has 2 heterocycles. The summed E-state index contributed by atoms with van der Waals surface area (Å²) >= 11 is 1.52. The van der Waals surface area contributed by atoms with E-state index in [0.717, 1.165) is 66.2 Å². The number of allylic oxidation sites excluding steroid dienone is 2. The lowest BCUT2D eigenvalue weighted by molar-refractivity contribution is 0.103. The fourth-order valence-corrected chi connectivity index (χ4v) is 10.6. The predicted molar refractivity (Wildman–Crippen MR) is 262 cm³/mol. The highest BCUT2D eigenvalue weighted by atomic mass is 32.2. The van der Waals surface area contributed by atoms with Gasteiger partial charge < -0.3 is 9.80 Å². The molecule has 0 aliphatic carbocycles. The second-order valence-corrected chi connectivity index (χ2v) is 18.3. The van der Waals surface area contributed by atoms with Crippen LogP contribution in [0, 0.1) is 0 Å². The van der Waals surface area contributed by atoms with E-state index in [-0.39, 0.29) is 21.1 Å². The van der Waals surface area contributed by atoms with Gasteiger partial charge in [-0.15, -0.1) is 0 Å². The first-order valence-electron chi connectivity index (χ1n) is 20.7. The molecule has 0 fully saturated rings. The summed E-state index contributed by atoms with van der Waals surface area (Å²) in [6.07, 6.45) is 7.62. The van der Waals surface area contributed by atoms with E-state index in [2.05, 4.69) is 107 Å². The van der Waals surface area contributed by atoms with Gasteiger partial charge in [0.05, 0.1) is 9.80 Å². The van der Waals surface area contributed by atoms with E-state index < -0.39 is 15.6 Å². The maximum Gasteiger partial charge on any atom is 0.211 e. The van der Waals surface area contributed by atoms with Gasteiger partial charge in [-0.25, -0.2) is 8.42 Å². The van der Waals surface area contributed by atoms with Gasteiger partial charge in [0, 0.05) is 50.1 Å². The van der Waals surface area contributed by atoms with Gasteiger partial charge in [0.1, 0.15) is 4.91 Å².